The van der Waals surface area contributed by atoms with E-state index in [0.717, 1.165) is 0 Å². The zero-order valence-electron chi connectivity index (χ0n) is 9.04. The minimum absolute atomic E-state index is 0.0215. The van der Waals surface area contributed by atoms with Gasteiger partial charge in [-0.05, 0) is 29.7 Å². The van der Waals surface area contributed by atoms with Crippen molar-refractivity contribution in [3.05, 3.63) is 28.8 Å². The molecule has 1 rings (SSSR count). The summed E-state index contributed by atoms with van der Waals surface area (Å²) in [5.74, 6) is -0.990. The lowest BCUT2D eigenvalue weighted by molar-refractivity contribution is -0.136. The highest BCUT2D eigenvalue weighted by molar-refractivity contribution is 9.08. The molecule has 1 N–H and O–H groups in total. The number of ether oxygens (including phenoxy) is 1. The Morgan fingerprint density at radius 1 is 1.53 bits per heavy atom. The summed E-state index contributed by atoms with van der Waals surface area (Å²) in [6.45, 7) is -1.36. The standard InChI is InChI=1S/C11H11BrF2O3/c1-6-8(4-10(15)16)2-7(5-12)3-9(6)17-11(13)14/h2-3,11H,4-5H2,1H3,(H,15,16). The predicted molar refractivity (Wildman–Crippen MR) is 61.8 cm³/mol. The third-order valence-electron chi connectivity index (χ3n) is 2.24. The van der Waals surface area contributed by atoms with E-state index in [1.165, 1.54) is 6.07 Å². The van der Waals surface area contributed by atoms with E-state index >= 15 is 0 Å². The van der Waals surface area contributed by atoms with Crippen LogP contribution in [0.2, 0.25) is 0 Å². The molecule has 1 aromatic carbocycles. The van der Waals surface area contributed by atoms with Crippen molar-refractivity contribution < 1.29 is 23.4 Å². The Morgan fingerprint density at radius 2 is 2.18 bits per heavy atom. The van der Waals surface area contributed by atoms with Gasteiger partial charge in [0.2, 0.25) is 0 Å². The van der Waals surface area contributed by atoms with Crippen molar-refractivity contribution >= 4 is 21.9 Å². The molecule has 0 unspecified atom stereocenters. The molecule has 0 fully saturated rings. The Balaban J connectivity index is 3.15. The molecule has 0 aliphatic rings. The van der Waals surface area contributed by atoms with Crippen molar-refractivity contribution in [1.29, 1.82) is 0 Å². The van der Waals surface area contributed by atoms with E-state index in [1.807, 2.05) is 0 Å². The molecule has 3 nitrogen and oxygen atoms in total. The van der Waals surface area contributed by atoms with E-state index in [2.05, 4.69) is 20.7 Å². The van der Waals surface area contributed by atoms with E-state index in [9.17, 15) is 13.6 Å². The zero-order chi connectivity index (χ0) is 13.0. The monoisotopic (exact) mass is 308 g/mol. The maximum atomic E-state index is 12.2. The quantitative estimate of drug-likeness (QED) is 0.850. The fraction of sp³-hybridized carbons (Fsp3) is 0.364. The number of rotatable bonds is 5. The van der Waals surface area contributed by atoms with E-state index in [1.54, 1.807) is 13.0 Å². The third kappa shape index (κ3) is 3.96. The Morgan fingerprint density at radius 3 is 2.65 bits per heavy atom. The lowest BCUT2D eigenvalue weighted by Gasteiger charge is -2.13. The first-order valence-electron chi connectivity index (χ1n) is 4.79. The molecule has 0 aliphatic carbocycles. The summed E-state index contributed by atoms with van der Waals surface area (Å²) >= 11 is 3.19. The van der Waals surface area contributed by atoms with Crippen LogP contribution in [0.1, 0.15) is 16.7 Å². The van der Waals surface area contributed by atoms with E-state index in [-0.39, 0.29) is 12.2 Å². The normalized spacial score (nSPS) is 10.6. The molecule has 0 spiro atoms. The summed E-state index contributed by atoms with van der Waals surface area (Å²) in [5.41, 5.74) is 1.60. The molecule has 94 valence electrons. The second-order valence-electron chi connectivity index (χ2n) is 3.46. The van der Waals surface area contributed by atoms with Gasteiger partial charge < -0.3 is 9.84 Å². The second kappa shape index (κ2) is 5.95. The number of halogens is 3. The van der Waals surface area contributed by atoms with Gasteiger partial charge in [0.15, 0.2) is 0 Å². The zero-order valence-corrected chi connectivity index (χ0v) is 10.6. The van der Waals surface area contributed by atoms with Crippen molar-refractivity contribution in [2.24, 2.45) is 0 Å². The van der Waals surface area contributed by atoms with Crippen molar-refractivity contribution in [2.75, 3.05) is 0 Å². The number of carboxylic acids is 1. The number of carbonyl (C=O) groups is 1. The number of hydrogen-bond donors (Lipinski definition) is 1. The first kappa shape index (κ1) is 13.9. The van der Waals surface area contributed by atoms with Gasteiger partial charge in [0, 0.05) is 5.33 Å². The van der Waals surface area contributed by atoms with Gasteiger partial charge in [0.05, 0.1) is 6.42 Å². The van der Waals surface area contributed by atoms with Crippen LogP contribution in [0.25, 0.3) is 0 Å². The Bertz CT molecular complexity index is 421. The van der Waals surface area contributed by atoms with Crippen molar-refractivity contribution in [2.45, 2.75) is 25.3 Å². The molecule has 0 aliphatic heterocycles. The molecule has 0 radical (unpaired) electrons. The lowest BCUT2D eigenvalue weighted by Crippen LogP contribution is -2.08. The molecule has 17 heavy (non-hydrogen) atoms. The van der Waals surface area contributed by atoms with Crippen LogP contribution >= 0.6 is 15.9 Å². The van der Waals surface area contributed by atoms with Gasteiger partial charge in [-0.2, -0.15) is 8.78 Å². The molecule has 0 aromatic heterocycles. The first-order chi connectivity index (χ1) is 7.93. The van der Waals surface area contributed by atoms with Gasteiger partial charge in [-0.1, -0.05) is 22.0 Å². The molecular formula is C11H11BrF2O3. The molecule has 0 heterocycles. The van der Waals surface area contributed by atoms with Crippen LogP contribution in [-0.4, -0.2) is 17.7 Å². The summed E-state index contributed by atoms with van der Waals surface area (Å²) in [7, 11) is 0. The van der Waals surface area contributed by atoms with Crippen LogP contribution in [0.15, 0.2) is 12.1 Å². The van der Waals surface area contributed by atoms with Gasteiger partial charge in [-0.25, -0.2) is 0 Å². The van der Waals surface area contributed by atoms with Crippen LogP contribution in [0.5, 0.6) is 5.75 Å². The summed E-state index contributed by atoms with van der Waals surface area (Å²) in [6.07, 6.45) is -0.216. The maximum Gasteiger partial charge on any atom is 0.387 e. The van der Waals surface area contributed by atoms with Crippen molar-refractivity contribution in [1.82, 2.24) is 0 Å². The number of benzene rings is 1. The summed E-state index contributed by atoms with van der Waals surface area (Å²) in [5, 5.41) is 9.17. The molecule has 0 atom stereocenters. The maximum absolute atomic E-state index is 12.2. The topological polar surface area (TPSA) is 46.5 Å². The average molecular weight is 309 g/mol. The van der Waals surface area contributed by atoms with Gasteiger partial charge >= 0.3 is 12.6 Å². The number of alkyl halides is 3. The largest absolute Gasteiger partial charge is 0.481 e. The fourth-order valence-corrected chi connectivity index (χ4v) is 1.77. The molecule has 0 amide bonds. The SMILES string of the molecule is Cc1c(CC(=O)O)cc(CBr)cc1OC(F)F. The Hall–Kier alpha value is -1.17. The summed E-state index contributed by atoms with van der Waals surface area (Å²) in [4.78, 5) is 10.7. The minimum Gasteiger partial charge on any atom is -0.481 e. The highest BCUT2D eigenvalue weighted by atomic mass is 79.9. The first-order valence-corrected chi connectivity index (χ1v) is 5.91. The molecule has 1 aromatic rings. The van der Waals surface area contributed by atoms with E-state index < -0.39 is 12.6 Å². The van der Waals surface area contributed by atoms with Crippen LogP contribution in [-0.2, 0) is 16.5 Å². The fourth-order valence-electron chi connectivity index (χ4n) is 1.45. The highest BCUT2D eigenvalue weighted by Gasteiger charge is 2.14. The lowest BCUT2D eigenvalue weighted by atomic mass is 10.0. The van der Waals surface area contributed by atoms with E-state index in [4.69, 9.17) is 5.11 Å². The van der Waals surface area contributed by atoms with Crippen LogP contribution in [0.3, 0.4) is 0 Å². The molecule has 0 bridgehead atoms. The Kier molecular flexibility index (Phi) is 4.86. The number of aliphatic carboxylic acids is 1. The Labute approximate surface area is 106 Å². The van der Waals surface area contributed by atoms with Crippen molar-refractivity contribution in [3.63, 3.8) is 0 Å². The number of hydrogen-bond acceptors (Lipinski definition) is 2. The van der Waals surface area contributed by atoms with Crippen molar-refractivity contribution in [3.8, 4) is 5.75 Å². The minimum atomic E-state index is -2.92. The van der Waals surface area contributed by atoms with Crippen LogP contribution in [0, 0.1) is 6.92 Å². The average Bonchev–Trinajstić information content (AvgIpc) is 2.22. The van der Waals surface area contributed by atoms with Gasteiger partial charge in [0.1, 0.15) is 5.75 Å². The van der Waals surface area contributed by atoms with E-state index in [0.29, 0.717) is 22.0 Å². The highest BCUT2D eigenvalue weighted by Crippen LogP contribution is 2.27. The third-order valence-corrected chi connectivity index (χ3v) is 2.89. The summed E-state index contributed by atoms with van der Waals surface area (Å²) in [6, 6.07) is 3.14. The molecular weight excluding hydrogens is 298 g/mol. The summed E-state index contributed by atoms with van der Waals surface area (Å²) < 4.78 is 28.7. The van der Waals surface area contributed by atoms with Gasteiger partial charge in [0.25, 0.3) is 0 Å². The van der Waals surface area contributed by atoms with Gasteiger partial charge in [-0.3, -0.25) is 4.79 Å². The van der Waals surface area contributed by atoms with Gasteiger partial charge in [-0.15, -0.1) is 0 Å². The van der Waals surface area contributed by atoms with Crippen LogP contribution < -0.4 is 4.74 Å². The second-order valence-corrected chi connectivity index (χ2v) is 4.02. The number of carboxylic acid groups (broad SMARTS) is 1. The predicted octanol–water partition coefficient (Wildman–Crippen LogP) is 3.12. The smallest absolute Gasteiger partial charge is 0.387 e. The molecule has 6 heteroatoms. The molecule has 0 saturated heterocycles. The van der Waals surface area contributed by atoms with Crippen LogP contribution in [0.4, 0.5) is 8.78 Å². The molecule has 0 saturated carbocycles.